The Morgan fingerprint density at radius 3 is 0.688 bits per heavy atom. The normalized spacial score (nSPS) is 9.50. The Morgan fingerprint density at radius 2 is 0.625 bits per heavy atom. The van der Waals surface area contributed by atoms with E-state index < -0.39 is 23.6 Å². The molecular weight excluding hydrogens is 216 g/mol. The van der Waals surface area contributed by atoms with Crippen LogP contribution in [0.15, 0.2) is 24.3 Å². The molecule has 0 saturated carbocycles. The minimum Gasteiger partial charge on any atom is -0.366 e. The van der Waals surface area contributed by atoms with Crippen molar-refractivity contribution in [1.82, 2.24) is 0 Å². The zero-order valence-electron chi connectivity index (χ0n) is 8.25. The molecule has 0 radical (unpaired) electrons. The summed E-state index contributed by atoms with van der Waals surface area (Å²) >= 11 is 0. The van der Waals surface area contributed by atoms with E-state index in [9.17, 15) is 19.2 Å². The number of hydrogen-bond donors (Lipinski definition) is 4. The van der Waals surface area contributed by atoms with Gasteiger partial charge in [-0.25, -0.2) is 0 Å². The maximum atomic E-state index is 9.83. The van der Waals surface area contributed by atoms with Gasteiger partial charge in [0.05, 0.1) is 0 Å². The van der Waals surface area contributed by atoms with E-state index in [0.29, 0.717) is 0 Å². The molecule has 0 aliphatic rings. The van der Waals surface area contributed by atoms with E-state index in [1.807, 2.05) is 0 Å². The van der Waals surface area contributed by atoms with Crippen LogP contribution < -0.4 is 22.9 Å². The molecule has 0 rings (SSSR count). The van der Waals surface area contributed by atoms with Crippen LogP contribution in [0.4, 0.5) is 0 Å². The number of carbonyl (C=O) groups excluding carboxylic acids is 4. The van der Waals surface area contributed by atoms with Crippen molar-refractivity contribution in [2.45, 2.75) is 0 Å². The summed E-state index contributed by atoms with van der Waals surface area (Å²) in [6.07, 6.45) is 3.62. The molecule has 0 saturated heterocycles. The van der Waals surface area contributed by atoms with E-state index in [0.717, 1.165) is 24.3 Å². The standard InChI is InChI=1S/2C4H6N2O2/c2*5-3(7)1-2-4(6)8/h2*1-2H,(H2,5,7)(H2,6,8)/b2*2-1-. The number of amides is 4. The van der Waals surface area contributed by atoms with Gasteiger partial charge < -0.3 is 22.9 Å². The summed E-state index contributed by atoms with van der Waals surface area (Å²) in [6.45, 7) is 0. The lowest BCUT2D eigenvalue weighted by Gasteiger charge is -1.76. The van der Waals surface area contributed by atoms with E-state index in [1.54, 1.807) is 0 Å². The number of primary amides is 4. The average Bonchev–Trinajstić information content (AvgIpc) is 2.12. The topological polar surface area (TPSA) is 172 Å². The zero-order valence-corrected chi connectivity index (χ0v) is 8.25. The van der Waals surface area contributed by atoms with Gasteiger partial charge in [0.1, 0.15) is 0 Å². The highest BCUT2D eigenvalue weighted by Gasteiger charge is 1.84. The first-order chi connectivity index (χ1) is 7.25. The van der Waals surface area contributed by atoms with E-state index in [4.69, 9.17) is 0 Å². The summed E-state index contributed by atoms with van der Waals surface area (Å²) in [7, 11) is 0. The summed E-state index contributed by atoms with van der Waals surface area (Å²) in [4.78, 5) is 39.3. The van der Waals surface area contributed by atoms with Gasteiger partial charge in [-0.05, 0) is 0 Å². The van der Waals surface area contributed by atoms with Crippen LogP contribution in [-0.4, -0.2) is 23.6 Å². The van der Waals surface area contributed by atoms with Gasteiger partial charge in [0.2, 0.25) is 23.6 Å². The van der Waals surface area contributed by atoms with Crippen molar-refractivity contribution in [3.05, 3.63) is 24.3 Å². The predicted molar refractivity (Wildman–Crippen MR) is 55.1 cm³/mol. The first kappa shape index (κ1) is 15.8. The lowest BCUT2D eigenvalue weighted by molar-refractivity contribution is -0.115. The van der Waals surface area contributed by atoms with Gasteiger partial charge in [-0.15, -0.1) is 0 Å². The van der Waals surface area contributed by atoms with E-state index >= 15 is 0 Å². The largest absolute Gasteiger partial charge is 0.366 e. The minimum atomic E-state index is -0.677. The number of carbonyl (C=O) groups is 4. The van der Waals surface area contributed by atoms with Crippen molar-refractivity contribution in [3.63, 3.8) is 0 Å². The van der Waals surface area contributed by atoms with Gasteiger partial charge in [0.25, 0.3) is 0 Å². The molecule has 0 fully saturated rings. The third-order valence-electron chi connectivity index (χ3n) is 0.824. The molecule has 0 atom stereocenters. The van der Waals surface area contributed by atoms with E-state index in [2.05, 4.69) is 22.9 Å². The Morgan fingerprint density at radius 1 is 0.500 bits per heavy atom. The Kier molecular flexibility index (Phi) is 8.83. The predicted octanol–water partition coefficient (Wildman–Crippen LogP) is -2.97. The highest BCUT2D eigenvalue weighted by Crippen LogP contribution is 1.66. The molecule has 8 nitrogen and oxygen atoms in total. The molecule has 16 heavy (non-hydrogen) atoms. The molecule has 4 amide bonds. The summed E-state index contributed by atoms with van der Waals surface area (Å²) in [6, 6.07) is 0. The van der Waals surface area contributed by atoms with Crippen LogP contribution in [0.5, 0.6) is 0 Å². The molecule has 0 aliphatic heterocycles. The highest BCUT2D eigenvalue weighted by atomic mass is 16.2. The number of rotatable bonds is 4. The van der Waals surface area contributed by atoms with Crippen molar-refractivity contribution in [2.75, 3.05) is 0 Å². The van der Waals surface area contributed by atoms with Crippen LogP contribution >= 0.6 is 0 Å². The summed E-state index contributed by atoms with van der Waals surface area (Å²) < 4.78 is 0. The summed E-state index contributed by atoms with van der Waals surface area (Å²) in [5.74, 6) is -2.71. The van der Waals surface area contributed by atoms with Gasteiger partial charge in [0.15, 0.2) is 0 Å². The van der Waals surface area contributed by atoms with Crippen LogP contribution in [0.25, 0.3) is 0 Å². The lowest BCUT2D eigenvalue weighted by Crippen LogP contribution is -2.10. The number of nitrogens with two attached hydrogens (primary N) is 4. The minimum absolute atomic E-state index is 0.677. The fraction of sp³-hybridized carbons (Fsp3) is 0. The van der Waals surface area contributed by atoms with Crippen molar-refractivity contribution in [3.8, 4) is 0 Å². The van der Waals surface area contributed by atoms with Crippen LogP contribution in [-0.2, 0) is 19.2 Å². The fourth-order valence-corrected chi connectivity index (χ4v) is 0.329. The van der Waals surface area contributed by atoms with Crippen LogP contribution in [0.3, 0.4) is 0 Å². The molecule has 0 aromatic rings. The van der Waals surface area contributed by atoms with Gasteiger partial charge in [-0.3, -0.25) is 19.2 Å². The third kappa shape index (κ3) is 22.5. The Labute approximate surface area is 90.9 Å². The Balaban J connectivity index is 0. The van der Waals surface area contributed by atoms with E-state index in [-0.39, 0.29) is 0 Å². The Hall–Kier alpha value is -2.64. The number of hydrogen-bond acceptors (Lipinski definition) is 4. The molecular formula is C8H12N4O4. The quantitative estimate of drug-likeness (QED) is 0.376. The van der Waals surface area contributed by atoms with Crippen LogP contribution in [0.2, 0.25) is 0 Å². The van der Waals surface area contributed by atoms with Gasteiger partial charge >= 0.3 is 0 Å². The molecule has 8 N–H and O–H groups in total. The molecule has 0 aliphatic carbocycles. The second-order valence-corrected chi connectivity index (χ2v) is 2.28. The maximum Gasteiger partial charge on any atom is 0.241 e. The molecule has 0 bridgehead atoms. The van der Waals surface area contributed by atoms with Gasteiger partial charge in [-0.1, -0.05) is 0 Å². The molecule has 0 aromatic heterocycles. The second kappa shape index (κ2) is 8.94. The van der Waals surface area contributed by atoms with Gasteiger partial charge in [0, 0.05) is 24.3 Å². The lowest BCUT2D eigenvalue weighted by atomic mass is 10.5. The average molecular weight is 228 g/mol. The molecule has 0 unspecified atom stereocenters. The zero-order chi connectivity index (χ0) is 13.1. The molecule has 0 aromatic carbocycles. The van der Waals surface area contributed by atoms with Crippen LogP contribution in [0.1, 0.15) is 0 Å². The first-order valence-corrected chi connectivity index (χ1v) is 3.79. The van der Waals surface area contributed by atoms with Crippen molar-refractivity contribution < 1.29 is 19.2 Å². The summed E-state index contributed by atoms with van der Waals surface area (Å²) in [5, 5.41) is 0. The summed E-state index contributed by atoms with van der Waals surface area (Å²) in [5.41, 5.74) is 18.4. The SMILES string of the molecule is NC(=O)/C=C\C(N)=O.NC(=O)/C=C\C(N)=O. The highest BCUT2D eigenvalue weighted by molar-refractivity contribution is 5.95. The van der Waals surface area contributed by atoms with Crippen molar-refractivity contribution in [1.29, 1.82) is 0 Å². The maximum absolute atomic E-state index is 9.83. The molecule has 0 heterocycles. The fourth-order valence-electron chi connectivity index (χ4n) is 0.329. The monoisotopic (exact) mass is 228 g/mol. The first-order valence-electron chi connectivity index (χ1n) is 3.79. The van der Waals surface area contributed by atoms with Crippen molar-refractivity contribution in [2.24, 2.45) is 22.9 Å². The van der Waals surface area contributed by atoms with Gasteiger partial charge in [-0.2, -0.15) is 0 Å². The third-order valence-corrected chi connectivity index (χ3v) is 0.824. The molecule has 0 spiro atoms. The van der Waals surface area contributed by atoms with Crippen LogP contribution in [0, 0.1) is 0 Å². The Bertz CT molecular complexity index is 280. The molecule has 8 heteroatoms. The molecule has 88 valence electrons. The smallest absolute Gasteiger partial charge is 0.241 e. The second-order valence-electron chi connectivity index (χ2n) is 2.28. The van der Waals surface area contributed by atoms with E-state index in [1.165, 1.54) is 0 Å². The van der Waals surface area contributed by atoms with Crippen molar-refractivity contribution >= 4 is 23.6 Å².